The normalized spacial score (nSPS) is 12.2. The van der Waals surface area contributed by atoms with Gasteiger partial charge in [0.2, 0.25) is 0 Å². The van der Waals surface area contributed by atoms with E-state index in [9.17, 15) is 13.5 Å². The molecule has 0 aliphatic rings. The van der Waals surface area contributed by atoms with Crippen LogP contribution in [0.2, 0.25) is 10.0 Å². The number of imidazole rings is 1. The third-order valence-electron chi connectivity index (χ3n) is 5.50. The maximum absolute atomic E-state index is 12.9. The van der Waals surface area contributed by atoms with Crippen LogP contribution >= 0.6 is 23.2 Å². The highest BCUT2D eigenvalue weighted by molar-refractivity contribution is 7.90. The number of nitrogens with zero attached hydrogens (tertiary/aromatic N) is 2. The molecule has 8 heteroatoms. The first kappa shape index (κ1) is 24.5. The van der Waals surface area contributed by atoms with Crippen molar-refractivity contribution in [2.24, 2.45) is 0 Å². The lowest BCUT2D eigenvalue weighted by Crippen LogP contribution is -2.15. The van der Waals surface area contributed by atoms with Gasteiger partial charge in [-0.15, -0.1) is 0 Å². The summed E-state index contributed by atoms with van der Waals surface area (Å²) in [6.45, 7) is 3.55. The van der Waals surface area contributed by atoms with Crippen LogP contribution in [-0.2, 0) is 22.0 Å². The summed E-state index contributed by atoms with van der Waals surface area (Å²) in [6.07, 6.45) is 2.89. The Morgan fingerprint density at radius 3 is 2.32 bits per heavy atom. The van der Waals surface area contributed by atoms with Gasteiger partial charge in [0, 0.05) is 18.0 Å². The van der Waals surface area contributed by atoms with E-state index in [2.05, 4.69) is 4.98 Å². The van der Waals surface area contributed by atoms with Crippen LogP contribution in [0.5, 0.6) is 0 Å². The third-order valence-corrected chi connectivity index (χ3v) is 7.50. The number of aliphatic hydroxyl groups is 1. The molecule has 1 aromatic heterocycles. The van der Waals surface area contributed by atoms with E-state index in [0.717, 1.165) is 16.7 Å². The second kappa shape index (κ2) is 9.19. The zero-order chi connectivity index (χ0) is 24.7. The molecular formula is C26H24Cl2N2O3S. The molecule has 0 unspecified atom stereocenters. The summed E-state index contributed by atoms with van der Waals surface area (Å²) >= 11 is 12.6. The van der Waals surface area contributed by atoms with E-state index in [1.165, 1.54) is 6.26 Å². The van der Waals surface area contributed by atoms with Crippen molar-refractivity contribution in [3.63, 3.8) is 0 Å². The van der Waals surface area contributed by atoms with Gasteiger partial charge in [0.05, 0.1) is 27.2 Å². The van der Waals surface area contributed by atoms with E-state index in [0.29, 0.717) is 33.7 Å². The van der Waals surface area contributed by atoms with Gasteiger partial charge in [-0.2, -0.15) is 0 Å². The first-order valence-corrected chi connectivity index (χ1v) is 13.2. The van der Waals surface area contributed by atoms with Gasteiger partial charge in [0.1, 0.15) is 11.4 Å². The monoisotopic (exact) mass is 514 g/mol. The molecule has 0 saturated carbocycles. The predicted octanol–water partition coefficient (Wildman–Crippen LogP) is 6.20. The lowest BCUT2D eigenvalue weighted by Gasteiger charge is -2.14. The van der Waals surface area contributed by atoms with Gasteiger partial charge < -0.3 is 9.67 Å². The molecular weight excluding hydrogens is 491 g/mol. The summed E-state index contributed by atoms with van der Waals surface area (Å²) in [7, 11) is -3.61. The molecule has 3 aromatic carbocycles. The highest BCUT2D eigenvalue weighted by Crippen LogP contribution is 2.34. The molecule has 0 bridgehead atoms. The smallest absolute Gasteiger partial charge is 0.176 e. The summed E-state index contributed by atoms with van der Waals surface area (Å²) in [5.41, 5.74) is 2.06. The molecule has 0 amide bonds. The Labute approximate surface area is 209 Å². The standard InChI is InChI=1S/C26H24Cl2N2O3S/c1-26(2,31)23-16-30(15-19-10-7-11-21(27)24(19)28)25(29-23)20-13-12-18(14-22(20)34(3,32)33)17-8-5-4-6-9-17/h4-14,16,31H,15H2,1-3H3. The third kappa shape index (κ3) is 5.05. The number of hydrogen-bond acceptors (Lipinski definition) is 4. The van der Waals surface area contributed by atoms with Crippen LogP contribution in [0.1, 0.15) is 25.1 Å². The number of hydrogen-bond donors (Lipinski definition) is 1. The van der Waals surface area contributed by atoms with Crippen LogP contribution < -0.4 is 0 Å². The fourth-order valence-electron chi connectivity index (χ4n) is 3.72. The summed E-state index contributed by atoms with van der Waals surface area (Å²) in [4.78, 5) is 4.80. The van der Waals surface area contributed by atoms with Gasteiger partial charge in [-0.25, -0.2) is 13.4 Å². The van der Waals surface area contributed by atoms with Crippen molar-refractivity contribution in [1.82, 2.24) is 9.55 Å². The first-order chi connectivity index (χ1) is 15.9. The number of benzene rings is 3. The minimum atomic E-state index is -3.61. The average Bonchev–Trinajstić information content (AvgIpc) is 3.21. The Balaban J connectivity index is 1.92. The summed E-state index contributed by atoms with van der Waals surface area (Å²) in [6, 6.07) is 20.2. The van der Waals surface area contributed by atoms with E-state index in [1.807, 2.05) is 42.5 Å². The van der Waals surface area contributed by atoms with Crippen molar-refractivity contribution >= 4 is 33.0 Å². The van der Waals surface area contributed by atoms with E-state index < -0.39 is 15.4 Å². The van der Waals surface area contributed by atoms with E-state index in [4.69, 9.17) is 23.2 Å². The van der Waals surface area contributed by atoms with Gasteiger partial charge in [-0.3, -0.25) is 0 Å². The van der Waals surface area contributed by atoms with Crippen LogP contribution in [0.3, 0.4) is 0 Å². The molecule has 0 aliphatic heterocycles. The minimum absolute atomic E-state index is 0.153. The van der Waals surface area contributed by atoms with Gasteiger partial charge in [0.25, 0.3) is 0 Å². The van der Waals surface area contributed by atoms with Crippen molar-refractivity contribution < 1.29 is 13.5 Å². The van der Waals surface area contributed by atoms with E-state index in [1.54, 1.807) is 48.9 Å². The Morgan fingerprint density at radius 1 is 0.971 bits per heavy atom. The molecule has 0 atom stereocenters. The predicted molar refractivity (Wildman–Crippen MR) is 137 cm³/mol. The van der Waals surface area contributed by atoms with Crippen molar-refractivity contribution in [3.8, 4) is 22.5 Å². The topological polar surface area (TPSA) is 72.2 Å². The highest BCUT2D eigenvalue weighted by atomic mass is 35.5. The fraction of sp³-hybridized carbons (Fsp3) is 0.192. The Morgan fingerprint density at radius 2 is 1.68 bits per heavy atom. The Kier molecular flexibility index (Phi) is 6.62. The van der Waals surface area contributed by atoms with Gasteiger partial charge >= 0.3 is 0 Å². The molecule has 1 heterocycles. The summed E-state index contributed by atoms with van der Waals surface area (Å²) in [5.74, 6) is 0.410. The molecule has 176 valence electrons. The molecule has 0 spiro atoms. The van der Waals surface area contributed by atoms with Crippen molar-refractivity contribution in [2.75, 3.05) is 6.26 Å². The Bertz CT molecular complexity index is 1460. The number of sulfone groups is 1. The lowest BCUT2D eigenvalue weighted by molar-refractivity contribution is 0.0742. The second-order valence-electron chi connectivity index (χ2n) is 8.70. The first-order valence-electron chi connectivity index (χ1n) is 10.6. The van der Waals surface area contributed by atoms with Crippen LogP contribution in [0.4, 0.5) is 0 Å². The summed E-state index contributed by atoms with van der Waals surface area (Å²) in [5, 5.41) is 11.5. The highest BCUT2D eigenvalue weighted by Gasteiger charge is 2.26. The molecule has 0 aliphatic carbocycles. The summed E-state index contributed by atoms with van der Waals surface area (Å²) < 4.78 is 27.5. The average molecular weight is 515 g/mol. The minimum Gasteiger partial charge on any atom is -0.384 e. The van der Waals surface area contributed by atoms with Crippen molar-refractivity contribution in [2.45, 2.75) is 30.9 Å². The Hall–Kier alpha value is -2.64. The van der Waals surface area contributed by atoms with Crippen molar-refractivity contribution in [3.05, 3.63) is 94.2 Å². The van der Waals surface area contributed by atoms with Crippen LogP contribution in [0.15, 0.2) is 77.8 Å². The number of aromatic nitrogens is 2. The number of rotatable bonds is 6. The zero-order valence-corrected chi connectivity index (χ0v) is 21.3. The van der Waals surface area contributed by atoms with Crippen LogP contribution in [0.25, 0.3) is 22.5 Å². The van der Waals surface area contributed by atoms with Gasteiger partial charge in [-0.1, -0.05) is 71.7 Å². The second-order valence-corrected chi connectivity index (χ2v) is 11.5. The molecule has 4 aromatic rings. The van der Waals surface area contributed by atoms with E-state index in [-0.39, 0.29) is 4.90 Å². The van der Waals surface area contributed by atoms with Crippen LogP contribution in [0, 0.1) is 0 Å². The molecule has 0 radical (unpaired) electrons. The largest absolute Gasteiger partial charge is 0.384 e. The molecule has 4 rings (SSSR count). The molecule has 0 fully saturated rings. The SMILES string of the molecule is CC(C)(O)c1cn(Cc2cccc(Cl)c2Cl)c(-c2ccc(-c3ccccc3)cc2S(C)(=O)=O)n1. The molecule has 5 nitrogen and oxygen atoms in total. The maximum atomic E-state index is 12.9. The maximum Gasteiger partial charge on any atom is 0.176 e. The fourth-order valence-corrected chi connectivity index (χ4v) is 5.00. The molecule has 0 saturated heterocycles. The quantitative estimate of drug-likeness (QED) is 0.332. The number of halogens is 2. The molecule has 34 heavy (non-hydrogen) atoms. The molecule has 1 N–H and O–H groups in total. The lowest BCUT2D eigenvalue weighted by atomic mass is 10.0. The van der Waals surface area contributed by atoms with E-state index >= 15 is 0 Å². The van der Waals surface area contributed by atoms with Gasteiger partial charge in [0.15, 0.2) is 9.84 Å². The van der Waals surface area contributed by atoms with Crippen molar-refractivity contribution in [1.29, 1.82) is 0 Å². The van der Waals surface area contributed by atoms with Crippen LogP contribution in [-0.4, -0.2) is 29.3 Å². The zero-order valence-electron chi connectivity index (χ0n) is 19.0. The van der Waals surface area contributed by atoms with Gasteiger partial charge in [-0.05, 0) is 48.7 Å².